The molecule has 2 amide bonds. The minimum atomic E-state index is -0.0441. The van der Waals surface area contributed by atoms with Crippen LogP contribution in [0.3, 0.4) is 0 Å². The number of nitrogens with zero attached hydrogens (tertiary/aromatic N) is 2. The van der Waals surface area contributed by atoms with Gasteiger partial charge in [-0.25, -0.2) is 4.79 Å². The van der Waals surface area contributed by atoms with Crippen LogP contribution >= 0.6 is 0 Å². The number of carbonyl (C=O) groups excluding carboxylic acids is 1. The first-order valence-electron chi connectivity index (χ1n) is 7.63. The number of carbonyl (C=O) groups is 1. The second-order valence-electron chi connectivity index (χ2n) is 6.06. The Kier molecular flexibility index (Phi) is 4.49. The number of urea groups is 1. The zero-order valence-electron chi connectivity index (χ0n) is 13.1. The third-order valence-corrected chi connectivity index (χ3v) is 4.37. The van der Waals surface area contributed by atoms with Gasteiger partial charge in [0.05, 0.1) is 26.4 Å². The van der Waals surface area contributed by atoms with Gasteiger partial charge in [0.2, 0.25) is 0 Å². The number of hydrogen-bond acceptors (Lipinski definition) is 4. The molecule has 22 heavy (non-hydrogen) atoms. The Bertz CT molecular complexity index is 520. The SMILES string of the molecule is COc1ccc(NC(=O)N2C[C@@H]3COC[C@H](C2)N(C)C3)cc1. The Hall–Kier alpha value is -1.79. The molecule has 2 bridgehead atoms. The van der Waals surface area contributed by atoms with Gasteiger partial charge in [-0.2, -0.15) is 0 Å². The molecule has 0 saturated carbocycles. The molecule has 1 N–H and O–H groups in total. The molecular formula is C16H23N3O3. The topological polar surface area (TPSA) is 54.0 Å². The van der Waals surface area contributed by atoms with E-state index in [9.17, 15) is 4.79 Å². The van der Waals surface area contributed by atoms with E-state index in [0.29, 0.717) is 19.1 Å². The highest BCUT2D eigenvalue weighted by Crippen LogP contribution is 2.20. The second kappa shape index (κ2) is 6.54. The lowest BCUT2D eigenvalue weighted by atomic mass is 10.1. The summed E-state index contributed by atoms with van der Waals surface area (Å²) in [5, 5.41) is 2.97. The minimum Gasteiger partial charge on any atom is -0.497 e. The molecule has 0 spiro atoms. The van der Waals surface area contributed by atoms with Gasteiger partial charge < -0.3 is 19.7 Å². The van der Waals surface area contributed by atoms with Crippen molar-refractivity contribution in [3.63, 3.8) is 0 Å². The number of methoxy groups -OCH3 is 1. The normalized spacial score (nSPS) is 25.5. The number of amides is 2. The average Bonchev–Trinajstić information content (AvgIpc) is 2.76. The summed E-state index contributed by atoms with van der Waals surface area (Å²) in [5.41, 5.74) is 0.782. The van der Waals surface area contributed by atoms with E-state index in [2.05, 4.69) is 17.3 Å². The number of fused-ring (bicyclic) bond motifs is 3. The van der Waals surface area contributed by atoms with Gasteiger partial charge in [-0.1, -0.05) is 0 Å². The van der Waals surface area contributed by atoms with Gasteiger partial charge >= 0.3 is 6.03 Å². The first-order chi connectivity index (χ1) is 10.7. The largest absolute Gasteiger partial charge is 0.497 e. The summed E-state index contributed by atoms with van der Waals surface area (Å²) in [6.07, 6.45) is 0. The van der Waals surface area contributed by atoms with Crippen LogP contribution in [-0.2, 0) is 4.74 Å². The predicted octanol–water partition coefficient (Wildman–Crippen LogP) is 1.49. The highest BCUT2D eigenvalue weighted by molar-refractivity contribution is 5.89. The molecule has 2 heterocycles. The molecule has 0 aromatic heterocycles. The van der Waals surface area contributed by atoms with E-state index in [1.165, 1.54) is 0 Å². The lowest BCUT2D eigenvalue weighted by Crippen LogP contribution is -2.46. The lowest BCUT2D eigenvalue weighted by molar-refractivity contribution is 0.0643. The molecule has 6 nitrogen and oxygen atoms in total. The number of rotatable bonds is 2. The Labute approximate surface area is 131 Å². The van der Waals surface area contributed by atoms with Crippen molar-refractivity contribution in [2.24, 2.45) is 5.92 Å². The molecule has 2 fully saturated rings. The predicted molar refractivity (Wildman–Crippen MR) is 84.3 cm³/mol. The third kappa shape index (κ3) is 3.34. The van der Waals surface area contributed by atoms with Gasteiger partial charge in [0.1, 0.15) is 5.75 Å². The van der Waals surface area contributed by atoms with E-state index in [0.717, 1.165) is 31.1 Å². The summed E-state index contributed by atoms with van der Waals surface area (Å²) in [5.74, 6) is 1.15. The quantitative estimate of drug-likeness (QED) is 0.899. The molecule has 1 aromatic rings. The Morgan fingerprint density at radius 1 is 1.23 bits per heavy atom. The van der Waals surface area contributed by atoms with Crippen LogP contribution in [0.15, 0.2) is 24.3 Å². The number of likely N-dealkylation sites (N-methyl/N-ethyl adjacent to an activating group) is 1. The van der Waals surface area contributed by atoms with Gasteiger partial charge in [-0.15, -0.1) is 0 Å². The molecule has 0 radical (unpaired) electrons. The van der Waals surface area contributed by atoms with Crippen LogP contribution in [-0.4, -0.2) is 68.9 Å². The second-order valence-corrected chi connectivity index (χ2v) is 6.06. The van der Waals surface area contributed by atoms with E-state index in [1.54, 1.807) is 7.11 Å². The molecule has 6 heteroatoms. The summed E-state index contributed by atoms with van der Waals surface area (Å²) in [4.78, 5) is 16.7. The zero-order chi connectivity index (χ0) is 15.5. The molecule has 2 aliphatic rings. The number of benzene rings is 1. The van der Waals surface area contributed by atoms with Gasteiger partial charge in [0, 0.05) is 31.2 Å². The fourth-order valence-electron chi connectivity index (χ4n) is 3.09. The number of hydrogen-bond donors (Lipinski definition) is 1. The molecule has 1 aromatic carbocycles. The average molecular weight is 305 g/mol. The number of nitrogens with one attached hydrogen (secondary N) is 1. The van der Waals surface area contributed by atoms with E-state index in [1.807, 2.05) is 29.2 Å². The first kappa shape index (κ1) is 15.1. The summed E-state index contributed by atoms with van der Waals surface area (Å²) in [6.45, 7) is 3.85. The maximum Gasteiger partial charge on any atom is 0.321 e. The van der Waals surface area contributed by atoms with Crippen molar-refractivity contribution in [3.05, 3.63) is 24.3 Å². The smallest absolute Gasteiger partial charge is 0.321 e. The van der Waals surface area contributed by atoms with E-state index in [4.69, 9.17) is 9.47 Å². The zero-order valence-corrected chi connectivity index (χ0v) is 13.1. The van der Waals surface area contributed by atoms with Crippen molar-refractivity contribution in [1.29, 1.82) is 0 Å². The summed E-state index contributed by atoms with van der Waals surface area (Å²) in [6, 6.07) is 7.62. The van der Waals surface area contributed by atoms with Crippen LogP contribution in [0.1, 0.15) is 0 Å². The molecule has 2 aliphatic heterocycles. The van der Waals surface area contributed by atoms with Crippen LogP contribution in [0.2, 0.25) is 0 Å². The first-order valence-corrected chi connectivity index (χ1v) is 7.63. The van der Waals surface area contributed by atoms with Gasteiger partial charge in [-0.05, 0) is 31.3 Å². The molecule has 0 unspecified atom stereocenters. The summed E-state index contributed by atoms with van der Waals surface area (Å²) in [7, 11) is 3.74. The van der Waals surface area contributed by atoms with Gasteiger partial charge in [-0.3, -0.25) is 4.90 Å². The maximum absolute atomic E-state index is 12.5. The molecule has 120 valence electrons. The fourth-order valence-corrected chi connectivity index (χ4v) is 3.09. The number of ether oxygens (including phenoxy) is 2. The van der Waals surface area contributed by atoms with E-state index < -0.39 is 0 Å². The fraction of sp³-hybridized carbons (Fsp3) is 0.562. The molecule has 2 saturated heterocycles. The van der Waals surface area contributed by atoms with Gasteiger partial charge in [0.25, 0.3) is 0 Å². The van der Waals surface area contributed by atoms with Crippen molar-refractivity contribution >= 4 is 11.7 Å². The number of anilines is 1. The van der Waals surface area contributed by atoms with Crippen molar-refractivity contribution < 1.29 is 14.3 Å². The van der Waals surface area contributed by atoms with Crippen molar-refractivity contribution in [3.8, 4) is 5.75 Å². The van der Waals surface area contributed by atoms with Crippen molar-refractivity contribution in [2.45, 2.75) is 6.04 Å². The molecule has 0 aliphatic carbocycles. The third-order valence-electron chi connectivity index (χ3n) is 4.37. The molecule has 3 rings (SSSR count). The van der Waals surface area contributed by atoms with Crippen LogP contribution in [0.4, 0.5) is 10.5 Å². The summed E-state index contributed by atoms with van der Waals surface area (Å²) < 4.78 is 10.8. The Morgan fingerprint density at radius 2 is 2.00 bits per heavy atom. The summed E-state index contributed by atoms with van der Waals surface area (Å²) >= 11 is 0. The van der Waals surface area contributed by atoms with Crippen LogP contribution in [0.5, 0.6) is 5.75 Å². The van der Waals surface area contributed by atoms with Crippen molar-refractivity contribution in [1.82, 2.24) is 9.80 Å². The molecule has 2 atom stereocenters. The standard InChI is InChI=1S/C16H23N3O3/c1-18-7-12-8-19(9-14(18)11-22-10-12)16(20)17-13-3-5-15(21-2)6-4-13/h3-6,12,14H,7-11H2,1-2H3,(H,17,20)/t12-,14+/m1/s1. The highest BCUT2D eigenvalue weighted by Gasteiger charge is 2.33. The Balaban J connectivity index is 1.66. The highest BCUT2D eigenvalue weighted by atomic mass is 16.5. The Morgan fingerprint density at radius 3 is 2.73 bits per heavy atom. The monoisotopic (exact) mass is 305 g/mol. The minimum absolute atomic E-state index is 0.0441. The van der Waals surface area contributed by atoms with Crippen LogP contribution < -0.4 is 10.1 Å². The maximum atomic E-state index is 12.5. The lowest BCUT2D eigenvalue weighted by Gasteiger charge is -2.29. The van der Waals surface area contributed by atoms with Crippen molar-refractivity contribution in [2.75, 3.05) is 52.3 Å². The van der Waals surface area contributed by atoms with Gasteiger partial charge in [0.15, 0.2) is 0 Å². The molecular weight excluding hydrogens is 282 g/mol. The van der Waals surface area contributed by atoms with Crippen LogP contribution in [0, 0.1) is 5.92 Å². The van der Waals surface area contributed by atoms with E-state index in [-0.39, 0.29) is 12.1 Å². The van der Waals surface area contributed by atoms with Crippen LogP contribution in [0.25, 0.3) is 0 Å². The van der Waals surface area contributed by atoms with E-state index >= 15 is 0 Å².